The highest BCUT2D eigenvalue weighted by molar-refractivity contribution is 5.55. The van der Waals surface area contributed by atoms with Crippen molar-refractivity contribution in [2.24, 2.45) is 0 Å². The Kier molecular flexibility index (Phi) is 2.45. The van der Waals surface area contributed by atoms with Gasteiger partial charge in [-0.2, -0.15) is 0 Å². The van der Waals surface area contributed by atoms with Crippen molar-refractivity contribution < 1.29 is 9.50 Å². The van der Waals surface area contributed by atoms with Gasteiger partial charge in [0.05, 0.1) is 12.4 Å². The molecule has 0 aliphatic carbocycles. The number of rotatable bonds is 2. The fraction of sp³-hybridized carbons (Fsp3) is 0. The average Bonchev–Trinajstić information content (AvgIpc) is 2.22. The predicted molar refractivity (Wildman–Crippen MR) is 53.4 cm³/mol. The van der Waals surface area contributed by atoms with Gasteiger partial charge in [-0.25, -0.2) is 14.4 Å². The highest BCUT2D eigenvalue weighted by atomic mass is 19.1. The van der Waals surface area contributed by atoms with Gasteiger partial charge in [-0.1, -0.05) is 6.07 Å². The molecule has 0 saturated heterocycles. The summed E-state index contributed by atoms with van der Waals surface area (Å²) in [6, 6.07) is 6.50. The lowest BCUT2D eigenvalue weighted by Crippen LogP contribution is -1.96. The van der Waals surface area contributed by atoms with Gasteiger partial charge < -0.3 is 10.4 Å². The topological polar surface area (TPSA) is 58.0 Å². The van der Waals surface area contributed by atoms with Crippen LogP contribution in [0.15, 0.2) is 36.7 Å². The summed E-state index contributed by atoms with van der Waals surface area (Å²) in [7, 11) is 0. The normalized spacial score (nSPS) is 9.93. The maximum absolute atomic E-state index is 12.5. The van der Waals surface area contributed by atoms with E-state index < -0.39 is 5.82 Å². The first-order valence-corrected chi connectivity index (χ1v) is 4.27. The summed E-state index contributed by atoms with van der Waals surface area (Å²) < 4.78 is 12.5. The zero-order chi connectivity index (χ0) is 10.7. The minimum Gasteiger partial charge on any atom is -0.508 e. The number of hydrogen-bond donors (Lipinski definition) is 2. The van der Waals surface area contributed by atoms with E-state index in [1.54, 1.807) is 18.2 Å². The van der Waals surface area contributed by atoms with Crippen molar-refractivity contribution >= 4 is 11.6 Å². The molecule has 1 aromatic heterocycles. The van der Waals surface area contributed by atoms with E-state index in [-0.39, 0.29) is 11.7 Å². The van der Waals surface area contributed by atoms with Crippen LogP contribution in [0.25, 0.3) is 0 Å². The Bertz CT molecular complexity index is 458. The molecule has 1 heterocycles. The highest BCUT2D eigenvalue weighted by Gasteiger charge is 1.98. The molecular weight excluding hydrogens is 197 g/mol. The first-order valence-electron chi connectivity index (χ1n) is 4.27. The van der Waals surface area contributed by atoms with Crippen molar-refractivity contribution in [1.29, 1.82) is 0 Å². The summed E-state index contributed by atoms with van der Waals surface area (Å²) in [6.07, 6.45) is 2.14. The predicted octanol–water partition coefficient (Wildman–Crippen LogP) is 2.06. The molecule has 2 aromatic rings. The number of anilines is 2. The minimum atomic E-state index is -0.489. The van der Waals surface area contributed by atoms with Crippen LogP contribution in [0.5, 0.6) is 5.75 Å². The number of nitrogens with zero attached hydrogens (tertiary/aromatic N) is 2. The van der Waals surface area contributed by atoms with Gasteiger partial charge in [-0.05, 0) is 12.1 Å². The molecular formula is C10H8FN3O. The van der Waals surface area contributed by atoms with Gasteiger partial charge in [0.25, 0.3) is 0 Å². The number of nitrogens with one attached hydrogen (secondary N) is 1. The third kappa shape index (κ3) is 2.40. The van der Waals surface area contributed by atoms with Crippen LogP contribution >= 0.6 is 0 Å². The number of phenolic OH excluding ortho intramolecular Hbond substituents is 1. The van der Waals surface area contributed by atoms with E-state index in [1.807, 2.05) is 0 Å². The maximum atomic E-state index is 12.5. The van der Waals surface area contributed by atoms with E-state index >= 15 is 0 Å². The summed E-state index contributed by atoms with van der Waals surface area (Å²) in [5, 5.41) is 12.0. The Labute approximate surface area is 85.4 Å². The Morgan fingerprint density at radius 1 is 1.20 bits per heavy atom. The van der Waals surface area contributed by atoms with Crippen molar-refractivity contribution in [3.63, 3.8) is 0 Å². The Morgan fingerprint density at radius 2 is 1.93 bits per heavy atom. The lowest BCUT2D eigenvalue weighted by molar-refractivity contribution is 0.475. The summed E-state index contributed by atoms with van der Waals surface area (Å²) in [5.74, 6) is -0.0689. The molecule has 1 aromatic carbocycles. The summed E-state index contributed by atoms with van der Waals surface area (Å²) in [5.41, 5.74) is 0.640. The van der Waals surface area contributed by atoms with Gasteiger partial charge in [0.2, 0.25) is 5.95 Å². The standard InChI is InChI=1S/C10H8FN3O/c11-7-5-12-10(13-6-7)14-8-2-1-3-9(15)4-8/h1-6,15H,(H,12,13,14). The van der Waals surface area contributed by atoms with Gasteiger partial charge in [0, 0.05) is 11.8 Å². The van der Waals surface area contributed by atoms with Gasteiger partial charge in [0.1, 0.15) is 5.75 Å². The van der Waals surface area contributed by atoms with E-state index in [1.165, 1.54) is 6.07 Å². The van der Waals surface area contributed by atoms with Crippen LogP contribution in [-0.4, -0.2) is 15.1 Å². The molecule has 0 spiro atoms. The average molecular weight is 205 g/mol. The molecule has 0 fully saturated rings. The van der Waals surface area contributed by atoms with Crippen LogP contribution in [-0.2, 0) is 0 Å². The molecule has 2 rings (SSSR count). The Hall–Kier alpha value is -2.17. The van der Waals surface area contributed by atoms with Crippen molar-refractivity contribution in [2.45, 2.75) is 0 Å². The molecule has 0 amide bonds. The molecule has 0 bridgehead atoms. The zero-order valence-corrected chi connectivity index (χ0v) is 7.68. The summed E-state index contributed by atoms with van der Waals surface area (Å²) >= 11 is 0. The first kappa shape index (κ1) is 9.39. The monoisotopic (exact) mass is 205 g/mol. The molecule has 0 aliphatic heterocycles. The number of aromatic nitrogens is 2. The number of halogens is 1. The SMILES string of the molecule is Oc1cccc(Nc2ncc(F)cn2)c1. The quantitative estimate of drug-likeness (QED) is 0.787. The van der Waals surface area contributed by atoms with Crippen molar-refractivity contribution in [3.8, 4) is 5.75 Å². The molecule has 5 heteroatoms. The Balaban J connectivity index is 2.18. The third-order valence-electron chi connectivity index (χ3n) is 1.72. The molecule has 15 heavy (non-hydrogen) atoms. The minimum absolute atomic E-state index is 0.141. The molecule has 0 radical (unpaired) electrons. The number of hydrogen-bond acceptors (Lipinski definition) is 4. The van der Waals surface area contributed by atoms with E-state index in [0.29, 0.717) is 5.69 Å². The van der Waals surface area contributed by atoms with Gasteiger partial charge in [-0.3, -0.25) is 0 Å². The molecule has 0 unspecified atom stereocenters. The fourth-order valence-electron chi connectivity index (χ4n) is 1.09. The second-order valence-electron chi connectivity index (χ2n) is 2.90. The second kappa shape index (κ2) is 3.91. The van der Waals surface area contributed by atoms with Crippen molar-refractivity contribution in [2.75, 3.05) is 5.32 Å². The molecule has 2 N–H and O–H groups in total. The van der Waals surface area contributed by atoms with E-state index in [0.717, 1.165) is 12.4 Å². The molecule has 0 aliphatic rings. The Morgan fingerprint density at radius 3 is 2.60 bits per heavy atom. The van der Waals surface area contributed by atoms with Crippen molar-refractivity contribution in [1.82, 2.24) is 9.97 Å². The second-order valence-corrected chi connectivity index (χ2v) is 2.90. The lowest BCUT2D eigenvalue weighted by atomic mass is 10.3. The third-order valence-corrected chi connectivity index (χ3v) is 1.72. The number of benzene rings is 1. The van der Waals surface area contributed by atoms with Crippen LogP contribution in [0.3, 0.4) is 0 Å². The molecule has 0 atom stereocenters. The van der Waals surface area contributed by atoms with E-state index in [4.69, 9.17) is 0 Å². The van der Waals surface area contributed by atoms with E-state index in [2.05, 4.69) is 15.3 Å². The van der Waals surface area contributed by atoms with Crippen LogP contribution in [0.4, 0.5) is 16.0 Å². The largest absolute Gasteiger partial charge is 0.508 e. The zero-order valence-electron chi connectivity index (χ0n) is 7.68. The van der Waals surface area contributed by atoms with Gasteiger partial charge >= 0.3 is 0 Å². The molecule has 0 saturated carbocycles. The summed E-state index contributed by atoms with van der Waals surface area (Å²) in [6.45, 7) is 0. The highest BCUT2D eigenvalue weighted by Crippen LogP contribution is 2.17. The first-order chi connectivity index (χ1) is 7.24. The van der Waals surface area contributed by atoms with E-state index in [9.17, 15) is 9.50 Å². The lowest BCUT2D eigenvalue weighted by Gasteiger charge is -2.03. The molecule has 76 valence electrons. The fourth-order valence-corrected chi connectivity index (χ4v) is 1.09. The van der Waals surface area contributed by atoms with Gasteiger partial charge in [-0.15, -0.1) is 0 Å². The number of aromatic hydroxyl groups is 1. The smallest absolute Gasteiger partial charge is 0.227 e. The van der Waals surface area contributed by atoms with Crippen molar-refractivity contribution in [3.05, 3.63) is 42.5 Å². The molecule has 4 nitrogen and oxygen atoms in total. The van der Waals surface area contributed by atoms with Gasteiger partial charge in [0.15, 0.2) is 5.82 Å². The van der Waals surface area contributed by atoms with Crippen LogP contribution in [0.2, 0.25) is 0 Å². The maximum Gasteiger partial charge on any atom is 0.227 e. The van der Waals surface area contributed by atoms with Crippen LogP contribution in [0, 0.1) is 5.82 Å². The summed E-state index contributed by atoms with van der Waals surface area (Å²) in [4.78, 5) is 7.45. The number of phenols is 1. The van der Waals surface area contributed by atoms with Crippen LogP contribution in [0.1, 0.15) is 0 Å². The van der Waals surface area contributed by atoms with Crippen LogP contribution < -0.4 is 5.32 Å².